The highest BCUT2D eigenvalue weighted by atomic mass is 15.1. The number of anilines is 1. The molecule has 2 atom stereocenters. The summed E-state index contributed by atoms with van der Waals surface area (Å²) in [6.45, 7) is 5.43. The number of hydrogen-bond donors (Lipinski definition) is 1. The Kier molecular flexibility index (Phi) is 2.70. The van der Waals surface area contributed by atoms with E-state index in [4.69, 9.17) is 5.73 Å². The maximum Gasteiger partial charge on any atom is 0.0396 e. The Morgan fingerprint density at radius 1 is 1.25 bits per heavy atom. The molecule has 0 amide bonds. The molecule has 1 aromatic rings. The molecule has 2 rings (SSSR count). The van der Waals surface area contributed by atoms with E-state index in [-0.39, 0.29) is 0 Å². The molecule has 0 aliphatic heterocycles. The number of para-hydroxylation sites is 1. The van der Waals surface area contributed by atoms with Crippen molar-refractivity contribution in [2.45, 2.75) is 19.8 Å². The van der Waals surface area contributed by atoms with Crippen LogP contribution in [0.25, 0.3) is 0 Å². The number of benzene rings is 1. The normalized spacial score (nSPS) is 26.6. The van der Waals surface area contributed by atoms with Gasteiger partial charge in [-0.05, 0) is 35.4 Å². The smallest absolute Gasteiger partial charge is 0.0396 e. The summed E-state index contributed by atoms with van der Waals surface area (Å²) in [6, 6.07) is 8.67. The van der Waals surface area contributed by atoms with E-state index in [0.717, 1.165) is 6.54 Å². The lowest BCUT2D eigenvalue weighted by Gasteiger charge is -2.18. The van der Waals surface area contributed by atoms with Crippen LogP contribution in [-0.2, 0) is 0 Å². The summed E-state index contributed by atoms with van der Waals surface area (Å²) in [5, 5.41) is 0. The number of rotatable bonds is 3. The quantitative estimate of drug-likeness (QED) is 0.844. The van der Waals surface area contributed by atoms with Gasteiger partial charge in [-0.1, -0.05) is 32.0 Å². The predicted molar refractivity (Wildman–Crippen MR) is 69.8 cm³/mol. The van der Waals surface area contributed by atoms with Gasteiger partial charge in [0.05, 0.1) is 0 Å². The minimum Gasteiger partial charge on any atom is -0.377 e. The summed E-state index contributed by atoms with van der Waals surface area (Å²) in [6.07, 6.45) is 0. The van der Waals surface area contributed by atoms with Crippen molar-refractivity contribution in [3.8, 4) is 0 Å². The van der Waals surface area contributed by atoms with Crippen LogP contribution in [0.5, 0.6) is 0 Å². The van der Waals surface area contributed by atoms with Gasteiger partial charge < -0.3 is 10.6 Å². The van der Waals surface area contributed by atoms with E-state index in [1.54, 1.807) is 0 Å². The molecular formula is C14H22N2. The van der Waals surface area contributed by atoms with E-state index >= 15 is 0 Å². The second-order valence-electron chi connectivity index (χ2n) is 5.59. The highest BCUT2D eigenvalue weighted by Gasteiger charge is 2.57. The van der Waals surface area contributed by atoms with Gasteiger partial charge in [-0.25, -0.2) is 0 Å². The largest absolute Gasteiger partial charge is 0.377 e. The van der Waals surface area contributed by atoms with Crippen LogP contribution in [-0.4, -0.2) is 20.6 Å². The summed E-state index contributed by atoms with van der Waals surface area (Å²) >= 11 is 0. The van der Waals surface area contributed by atoms with Crippen LogP contribution in [0.15, 0.2) is 24.3 Å². The third kappa shape index (κ3) is 1.61. The molecule has 0 unspecified atom stereocenters. The van der Waals surface area contributed by atoms with Crippen LogP contribution < -0.4 is 10.6 Å². The van der Waals surface area contributed by atoms with Gasteiger partial charge in [0.2, 0.25) is 0 Å². The van der Waals surface area contributed by atoms with Crippen LogP contribution in [0.4, 0.5) is 5.69 Å². The summed E-state index contributed by atoms with van der Waals surface area (Å²) in [7, 11) is 4.21. The minimum absolute atomic E-state index is 0.362. The van der Waals surface area contributed by atoms with Crippen molar-refractivity contribution >= 4 is 5.69 Å². The maximum absolute atomic E-state index is 5.85. The molecular weight excluding hydrogens is 196 g/mol. The molecule has 0 aromatic heterocycles. The van der Waals surface area contributed by atoms with Crippen molar-refractivity contribution in [1.82, 2.24) is 0 Å². The van der Waals surface area contributed by atoms with E-state index in [1.165, 1.54) is 11.3 Å². The van der Waals surface area contributed by atoms with E-state index in [1.807, 2.05) is 0 Å². The average molecular weight is 218 g/mol. The van der Waals surface area contributed by atoms with Crippen LogP contribution in [0.2, 0.25) is 0 Å². The van der Waals surface area contributed by atoms with Crippen LogP contribution in [0.3, 0.4) is 0 Å². The summed E-state index contributed by atoms with van der Waals surface area (Å²) in [5.41, 5.74) is 8.99. The molecule has 1 saturated carbocycles. The minimum atomic E-state index is 0.362. The molecule has 1 aliphatic carbocycles. The Balaban J connectivity index is 2.36. The number of nitrogens with zero attached hydrogens (tertiary/aromatic N) is 1. The molecule has 16 heavy (non-hydrogen) atoms. The Hall–Kier alpha value is -1.02. The third-order valence-corrected chi connectivity index (χ3v) is 4.06. The van der Waals surface area contributed by atoms with Crippen molar-refractivity contribution in [3.05, 3.63) is 29.8 Å². The fourth-order valence-electron chi connectivity index (χ4n) is 2.96. The topological polar surface area (TPSA) is 29.3 Å². The molecule has 2 heteroatoms. The predicted octanol–water partition coefficient (Wildman–Crippen LogP) is 2.45. The maximum atomic E-state index is 5.85. The first-order valence-electron chi connectivity index (χ1n) is 5.96. The molecule has 2 N–H and O–H groups in total. The lowest BCUT2D eigenvalue weighted by Crippen LogP contribution is -2.11. The molecule has 88 valence electrons. The van der Waals surface area contributed by atoms with Gasteiger partial charge in [-0.3, -0.25) is 0 Å². The molecule has 1 aromatic carbocycles. The Morgan fingerprint density at radius 2 is 1.88 bits per heavy atom. The summed E-state index contributed by atoms with van der Waals surface area (Å²) < 4.78 is 0. The monoisotopic (exact) mass is 218 g/mol. The lowest BCUT2D eigenvalue weighted by molar-refractivity contribution is 0.558. The molecule has 1 fully saturated rings. The van der Waals surface area contributed by atoms with Crippen molar-refractivity contribution in [3.63, 3.8) is 0 Å². The highest BCUT2D eigenvalue weighted by Crippen LogP contribution is 2.65. The first-order valence-corrected chi connectivity index (χ1v) is 5.96. The SMILES string of the molecule is CN(C)c1ccccc1[C@@H]1[C@@H](CN)C1(C)C. The van der Waals surface area contributed by atoms with Crippen LogP contribution >= 0.6 is 0 Å². The van der Waals surface area contributed by atoms with Gasteiger partial charge in [-0.15, -0.1) is 0 Å². The highest BCUT2D eigenvalue weighted by molar-refractivity contribution is 5.57. The standard InChI is InChI=1S/C14H22N2/c1-14(2)11(9-15)13(14)10-7-5-6-8-12(10)16(3)4/h5-8,11,13H,9,15H2,1-4H3/t11-,13-/m1/s1. The number of hydrogen-bond acceptors (Lipinski definition) is 2. The molecule has 0 heterocycles. The van der Waals surface area contributed by atoms with Crippen molar-refractivity contribution in [2.75, 3.05) is 25.5 Å². The van der Waals surface area contributed by atoms with Crippen LogP contribution in [0.1, 0.15) is 25.3 Å². The molecule has 2 nitrogen and oxygen atoms in total. The summed E-state index contributed by atoms with van der Waals surface area (Å²) in [4.78, 5) is 2.19. The molecule has 0 radical (unpaired) electrons. The van der Waals surface area contributed by atoms with E-state index in [2.05, 4.69) is 57.1 Å². The first-order chi connectivity index (χ1) is 7.50. The van der Waals surface area contributed by atoms with Crippen LogP contribution in [0, 0.1) is 11.3 Å². The zero-order valence-corrected chi connectivity index (χ0v) is 10.7. The zero-order chi connectivity index (χ0) is 11.9. The zero-order valence-electron chi connectivity index (χ0n) is 10.7. The summed E-state index contributed by atoms with van der Waals surface area (Å²) in [5.74, 6) is 1.25. The van der Waals surface area contributed by atoms with E-state index < -0.39 is 0 Å². The van der Waals surface area contributed by atoms with Gasteiger partial charge in [0.15, 0.2) is 0 Å². The van der Waals surface area contributed by atoms with Gasteiger partial charge >= 0.3 is 0 Å². The molecule has 1 aliphatic rings. The first kappa shape index (κ1) is 11.5. The van der Waals surface area contributed by atoms with Crippen molar-refractivity contribution in [1.29, 1.82) is 0 Å². The molecule has 0 bridgehead atoms. The lowest BCUT2D eigenvalue weighted by atomic mass is 10.0. The average Bonchev–Trinajstić information content (AvgIpc) is 2.80. The second-order valence-corrected chi connectivity index (χ2v) is 5.59. The fourth-order valence-corrected chi connectivity index (χ4v) is 2.96. The Bertz CT molecular complexity index is 382. The van der Waals surface area contributed by atoms with Gasteiger partial charge in [0, 0.05) is 19.8 Å². The van der Waals surface area contributed by atoms with Crippen molar-refractivity contribution < 1.29 is 0 Å². The molecule has 0 spiro atoms. The van der Waals surface area contributed by atoms with E-state index in [9.17, 15) is 0 Å². The van der Waals surface area contributed by atoms with E-state index in [0.29, 0.717) is 17.3 Å². The van der Waals surface area contributed by atoms with Gasteiger partial charge in [0.1, 0.15) is 0 Å². The van der Waals surface area contributed by atoms with Crippen molar-refractivity contribution in [2.24, 2.45) is 17.1 Å². The number of nitrogens with two attached hydrogens (primary N) is 1. The molecule has 0 saturated heterocycles. The third-order valence-electron chi connectivity index (χ3n) is 4.06. The Morgan fingerprint density at radius 3 is 2.38 bits per heavy atom. The van der Waals surface area contributed by atoms with Gasteiger partial charge in [-0.2, -0.15) is 0 Å². The second kappa shape index (κ2) is 3.77. The Labute approximate surface area is 98.4 Å². The fraction of sp³-hybridized carbons (Fsp3) is 0.571. The van der Waals surface area contributed by atoms with Gasteiger partial charge in [0.25, 0.3) is 0 Å².